The Morgan fingerprint density at radius 1 is 1.22 bits per heavy atom. The third-order valence-corrected chi connectivity index (χ3v) is 4.89. The largest absolute Gasteiger partial charge is 0.301 e. The third-order valence-electron chi connectivity index (χ3n) is 3.89. The van der Waals surface area contributed by atoms with Crippen LogP contribution < -0.4 is 5.32 Å². The lowest BCUT2D eigenvalue weighted by atomic mass is 9.99. The van der Waals surface area contributed by atoms with Crippen LogP contribution in [0.2, 0.25) is 0 Å². The number of nitrogens with one attached hydrogen (secondary N) is 1. The Labute approximate surface area is 139 Å². The molecule has 0 atom stereocenters. The van der Waals surface area contributed by atoms with E-state index in [-0.39, 0.29) is 24.5 Å². The van der Waals surface area contributed by atoms with Gasteiger partial charge in [-0.2, -0.15) is 0 Å². The van der Waals surface area contributed by atoms with Gasteiger partial charge >= 0.3 is 0 Å². The highest BCUT2D eigenvalue weighted by molar-refractivity contribution is 7.15. The fraction of sp³-hybridized carbons (Fsp3) is 0.412. The van der Waals surface area contributed by atoms with E-state index in [9.17, 15) is 9.59 Å². The van der Waals surface area contributed by atoms with Gasteiger partial charge in [-0.25, -0.2) is 0 Å². The second kappa shape index (κ2) is 6.58. The van der Waals surface area contributed by atoms with Crippen molar-refractivity contribution in [2.24, 2.45) is 0 Å². The van der Waals surface area contributed by atoms with E-state index in [0.717, 1.165) is 29.0 Å². The Balaban J connectivity index is 1.53. The predicted molar refractivity (Wildman–Crippen MR) is 90.0 cm³/mol. The van der Waals surface area contributed by atoms with Gasteiger partial charge in [0, 0.05) is 24.3 Å². The van der Waals surface area contributed by atoms with Crippen molar-refractivity contribution in [2.75, 3.05) is 5.32 Å². The maximum absolute atomic E-state index is 12.3. The number of hydrogen-bond donors (Lipinski definition) is 1. The first-order chi connectivity index (χ1) is 11.0. The first-order valence-corrected chi connectivity index (χ1v) is 8.58. The lowest BCUT2D eigenvalue weighted by Gasteiger charge is -2.06. The summed E-state index contributed by atoms with van der Waals surface area (Å²) in [6, 6.07) is 5.79. The molecule has 3 rings (SSSR count). The fourth-order valence-electron chi connectivity index (χ4n) is 2.36. The van der Waals surface area contributed by atoms with E-state index < -0.39 is 0 Å². The highest BCUT2D eigenvalue weighted by Crippen LogP contribution is 2.42. The summed E-state index contributed by atoms with van der Waals surface area (Å²) in [7, 11) is 0. The van der Waals surface area contributed by atoms with Crippen LogP contribution in [-0.2, 0) is 4.79 Å². The summed E-state index contributed by atoms with van der Waals surface area (Å²) in [5, 5.41) is 12.3. The van der Waals surface area contributed by atoms with E-state index in [4.69, 9.17) is 0 Å². The number of benzene rings is 1. The number of carbonyl (C=O) groups is 2. The number of carbonyl (C=O) groups excluding carboxylic acids is 2. The predicted octanol–water partition coefficient (Wildman–Crippen LogP) is 3.63. The minimum absolute atomic E-state index is 0.00252. The average molecular weight is 329 g/mol. The molecule has 0 unspecified atom stereocenters. The number of nitrogens with zero attached hydrogens (tertiary/aromatic N) is 2. The number of Topliss-reactive ketones (excluding diaryl/α,β-unsaturated/α-hetero) is 1. The molecule has 2 aromatic rings. The molecule has 0 bridgehead atoms. The quantitative estimate of drug-likeness (QED) is 0.821. The number of hydrogen-bond acceptors (Lipinski definition) is 5. The second-order valence-corrected chi connectivity index (χ2v) is 7.02. The maximum Gasteiger partial charge on any atom is 0.226 e. The molecule has 1 amide bonds. The van der Waals surface area contributed by atoms with Gasteiger partial charge < -0.3 is 5.32 Å². The standard InChI is InChI=1S/C17H19N3O2S/c1-10-3-4-11(2)13(9-10)14(21)7-8-15(22)18-17-20-19-16(23-17)12-5-6-12/h3-4,9,12H,5-8H2,1-2H3,(H,18,20,22). The molecule has 1 heterocycles. The van der Waals surface area contributed by atoms with Gasteiger partial charge in [0.15, 0.2) is 5.78 Å². The van der Waals surface area contributed by atoms with Crippen molar-refractivity contribution in [3.63, 3.8) is 0 Å². The van der Waals surface area contributed by atoms with Crippen molar-refractivity contribution in [2.45, 2.75) is 45.4 Å². The minimum atomic E-state index is -0.192. The van der Waals surface area contributed by atoms with Gasteiger partial charge in [0.05, 0.1) is 0 Å². The van der Waals surface area contributed by atoms with Crippen LogP contribution in [0.3, 0.4) is 0 Å². The molecule has 0 radical (unpaired) electrons. The van der Waals surface area contributed by atoms with Crippen molar-refractivity contribution < 1.29 is 9.59 Å². The number of aromatic nitrogens is 2. The summed E-state index contributed by atoms with van der Waals surface area (Å²) in [5.74, 6) is 0.337. The van der Waals surface area contributed by atoms with Crippen LogP contribution in [-0.4, -0.2) is 21.9 Å². The Morgan fingerprint density at radius 3 is 2.74 bits per heavy atom. The van der Waals surface area contributed by atoms with Crippen LogP contribution >= 0.6 is 11.3 Å². The number of rotatable bonds is 6. The molecule has 120 valence electrons. The number of anilines is 1. The molecule has 6 heteroatoms. The van der Waals surface area contributed by atoms with Gasteiger partial charge in [-0.1, -0.05) is 29.0 Å². The van der Waals surface area contributed by atoms with Gasteiger partial charge in [-0.3, -0.25) is 9.59 Å². The molecule has 1 aliphatic carbocycles. The van der Waals surface area contributed by atoms with Crippen LogP contribution in [0.25, 0.3) is 0 Å². The molecular formula is C17H19N3O2S. The molecule has 0 saturated heterocycles. The van der Waals surface area contributed by atoms with Gasteiger partial charge in [-0.05, 0) is 38.3 Å². The summed E-state index contributed by atoms with van der Waals surface area (Å²) in [4.78, 5) is 24.2. The molecule has 23 heavy (non-hydrogen) atoms. The van der Waals surface area contributed by atoms with E-state index in [1.54, 1.807) is 0 Å². The monoisotopic (exact) mass is 329 g/mol. The van der Waals surface area contributed by atoms with Crippen LogP contribution in [0.5, 0.6) is 0 Å². The van der Waals surface area contributed by atoms with E-state index in [1.807, 2.05) is 32.0 Å². The molecule has 1 aromatic carbocycles. The van der Waals surface area contributed by atoms with Gasteiger partial charge in [0.1, 0.15) is 5.01 Å². The van der Waals surface area contributed by atoms with Crippen molar-refractivity contribution >= 4 is 28.2 Å². The summed E-state index contributed by atoms with van der Waals surface area (Å²) in [6.45, 7) is 3.86. The Morgan fingerprint density at radius 2 is 2.00 bits per heavy atom. The van der Waals surface area contributed by atoms with Crippen molar-refractivity contribution in [1.82, 2.24) is 10.2 Å². The molecule has 1 aromatic heterocycles. The Hall–Kier alpha value is -2.08. The van der Waals surface area contributed by atoms with Crippen LogP contribution in [0.15, 0.2) is 18.2 Å². The third kappa shape index (κ3) is 4.01. The Kier molecular flexibility index (Phi) is 4.52. The molecule has 0 aliphatic heterocycles. The van der Waals surface area contributed by atoms with Gasteiger partial charge in [-0.15, -0.1) is 10.2 Å². The van der Waals surface area contributed by atoms with Gasteiger partial charge in [0.25, 0.3) is 0 Å². The first-order valence-electron chi connectivity index (χ1n) is 7.76. The lowest BCUT2D eigenvalue weighted by molar-refractivity contribution is -0.116. The smallest absolute Gasteiger partial charge is 0.226 e. The highest BCUT2D eigenvalue weighted by Gasteiger charge is 2.27. The lowest BCUT2D eigenvalue weighted by Crippen LogP contribution is -2.13. The zero-order valence-electron chi connectivity index (χ0n) is 13.3. The van der Waals surface area contributed by atoms with E-state index in [2.05, 4.69) is 15.5 Å². The number of amides is 1. The zero-order valence-corrected chi connectivity index (χ0v) is 14.1. The van der Waals surface area contributed by atoms with Crippen LogP contribution in [0, 0.1) is 13.8 Å². The van der Waals surface area contributed by atoms with E-state index in [0.29, 0.717) is 16.6 Å². The maximum atomic E-state index is 12.3. The number of aryl methyl sites for hydroxylation is 2. The Bertz CT molecular complexity index is 750. The SMILES string of the molecule is Cc1ccc(C)c(C(=O)CCC(=O)Nc2nnc(C3CC3)s2)c1. The van der Waals surface area contributed by atoms with E-state index >= 15 is 0 Å². The average Bonchev–Trinajstić information content (AvgIpc) is 3.28. The van der Waals surface area contributed by atoms with Crippen molar-refractivity contribution in [1.29, 1.82) is 0 Å². The molecule has 0 spiro atoms. The molecule has 1 N–H and O–H groups in total. The van der Waals surface area contributed by atoms with Gasteiger partial charge in [0.2, 0.25) is 11.0 Å². The van der Waals surface area contributed by atoms with Crippen LogP contribution in [0.1, 0.15) is 58.1 Å². The summed E-state index contributed by atoms with van der Waals surface area (Å²) < 4.78 is 0. The molecule has 1 aliphatic rings. The molecule has 1 fully saturated rings. The van der Waals surface area contributed by atoms with Crippen LogP contribution in [0.4, 0.5) is 5.13 Å². The molecular weight excluding hydrogens is 310 g/mol. The number of ketones is 1. The van der Waals surface area contributed by atoms with Crippen molar-refractivity contribution in [3.8, 4) is 0 Å². The highest BCUT2D eigenvalue weighted by atomic mass is 32.1. The summed E-state index contributed by atoms with van der Waals surface area (Å²) in [5.41, 5.74) is 2.69. The van der Waals surface area contributed by atoms with Crippen molar-refractivity contribution in [3.05, 3.63) is 39.9 Å². The molecule has 5 nitrogen and oxygen atoms in total. The summed E-state index contributed by atoms with van der Waals surface area (Å²) >= 11 is 1.43. The normalized spacial score (nSPS) is 13.8. The minimum Gasteiger partial charge on any atom is -0.301 e. The topological polar surface area (TPSA) is 72.0 Å². The first kappa shape index (κ1) is 15.8. The zero-order chi connectivity index (χ0) is 16.4. The second-order valence-electron chi connectivity index (χ2n) is 6.01. The molecule has 1 saturated carbocycles. The summed E-state index contributed by atoms with van der Waals surface area (Å²) in [6.07, 6.45) is 2.68. The fourth-order valence-corrected chi connectivity index (χ4v) is 3.29. The van der Waals surface area contributed by atoms with E-state index in [1.165, 1.54) is 11.3 Å².